The minimum atomic E-state index is -0.997. The SMILES string of the molecule is COc1ccc(C(=O)O)cc1NCc1cc(Br)cc(OC)c1OC(C)C. The summed E-state index contributed by atoms with van der Waals surface area (Å²) in [6.07, 6.45) is -0.0197. The van der Waals surface area contributed by atoms with Gasteiger partial charge in [0.15, 0.2) is 11.5 Å². The highest BCUT2D eigenvalue weighted by atomic mass is 79.9. The molecule has 0 radical (unpaired) electrons. The molecule has 0 fully saturated rings. The molecule has 0 spiro atoms. The first-order valence-electron chi connectivity index (χ1n) is 8.04. The Kier molecular flexibility index (Phi) is 6.74. The van der Waals surface area contributed by atoms with Gasteiger partial charge in [-0.1, -0.05) is 15.9 Å². The van der Waals surface area contributed by atoms with Gasteiger partial charge in [0.05, 0.1) is 31.6 Å². The molecule has 2 aromatic rings. The van der Waals surface area contributed by atoms with E-state index in [4.69, 9.17) is 14.2 Å². The molecule has 0 amide bonds. The van der Waals surface area contributed by atoms with Gasteiger partial charge in [-0.3, -0.25) is 0 Å². The van der Waals surface area contributed by atoms with Crippen LogP contribution >= 0.6 is 15.9 Å². The number of nitrogens with one attached hydrogen (secondary N) is 1. The first kappa shape index (κ1) is 19.9. The summed E-state index contributed by atoms with van der Waals surface area (Å²) in [7, 11) is 3.13. The van der Waals surface area contributed by atoms with Gasteiger partial charge in [0.25, 0.3) is 0 Å². The van der Waals surface area contributed by atoms with E-state index in [1.807, 2.05) is 26.0 Å². The summed E-state index contributed by atoms with van der Waals surface area (Å²) in [5, 5.41) is 12.4. The Balaban J connectivity index is 2.35. The molecule has 0 bridgehead atoms. The van der Waals surface area contributed by atoms with E-state index in [2.05, 4.69) is 21.2 Å². The Bertz CT molecular complexity index is 792. The molecule has 140 valence electrons. The first-order valence-corrected chi connectivity index (χ1v) is 8.83. The molecule has 0 saturated carbocycles. The number of halogens is 1. The van der Waals surface area contributed by atoms with Crippen molar-refractivity contribution in [1.82, 2.24) is 0 Å². The van der Waals surface area contributed by atoms with E-state index in [0.717, 1.165) is 10.0 Å². The lowest BCUT2D eigenvalue weighted by Crippen LogP contribution is -2.11. The number of ether oxygens (including phenoxy) is 3. The number of anilines is 1. The van der Waals surface area contributed by atoms with Crippen molar-refractivity contribution < 1.29 is 24.1 Å². The maximum absolute atomic E-state index is 11.2. The van der Waals surface area contributed by atoms with E-state index in [1.165, 1.54) is 13.2 Å². The molecule has 26 heavy (non-hydrogen) atoms. The molecule has 6 nitrogen and oxygen atoms in total. The highest BCUT2D eigenvalue weighted by Crippen LogP contribution is 2.36. The number of aromatic carboxylic acids is 1. The predicted molar refractivity (Wildman–Crippen MR) is 104 cm³/mol. The Hall–Kier alpha value is -2.41. The second-order valence-corrected chi connectivity index (χ2v) is 6.75. The van der Waals surface area contributed by atoms with Gasteiger partial charge in [0.1, 0.15) is 5.75 Å². The standard InChI is InChI=1S/C19H22BrNO5/c1-11(2)26-18-13(7-14(20)9-17(18)25-4)10-21-15-8-12(19(22)23)5-6-16(15)24-3/h5-9,11,21H,10H2,1-4H3,(H,22,23). The molecule has 0 heterocycles. The summed E-state index contributed by atoms with van der Waals surface area (Å²) in [5.41, 5.74) is 1.63. The average molecular weight is 424 g/mol. The smallest absolute Gasteiger partial charge is 0.335 e. The molecule has 0 atom stereocenters. The summed E-state index contributed by atoms with van der Waals surface area (Å²) >= 11 is 3.47. The van der Waals surface area contributed by atoms with Gasteiger partial charge in [0.2, 0.25) is 0 Å². The van der Waals surface area contributed by atoms with E-state index in [9.17, 15) is 9.90 Å². The quantitative estimate of drug-likeness (QED) is 0.647. The Morgan fingerprint density at radius 1 is 1.15 bits per heavy atom. The van der Waals surface area contributed by atoms with Gasteiger partial charge in [-0.15, -0.1) is 0 Å². The monoisotopic (exact) mass is 423 g/mol. The minimum absolute atomic E-state index is 0.0197. The number of carboxylic acids is 1. The molecular weight excluding hydrogens is 402 g/mol. The van der Waals surface area contributed by atoms with E-state index >= 15 is 0 Å². The molecular formula is C19H22BrNO5. The second kappa shape index (κ2) is 8.80. The summed E-state index contributed by atoms with van der Waals surface area (Å²) in [5.74, 6) is 0.828. The van der Waals surface area contributed by atoms with Gasteiger partial charge in [-0.05, 0) is 44.2 Å². The third-order valence-electron chi connectivity index (χ3n) is 3.59. The zero-order valence-corrected chi connectivity index (χ0v) is 16.7. The van der Waals surface area contributed by atoms with Crippen molar-refractivity contribution in [2.24, 2.45) is 0 Å². The normalized spacial score (nSPS) is 10.5. The van der Waals surface area contributed by atoms with Gasteiger partial charge < -0.3 is 24.6 Å². The molecule has 0 aliphatic carbocycles. The molecule has 0 aliphatic rings. The van der Waals surface area contributed by atoms with Gasteiger partial charge in [-0.2, -0.15) is 0 Å². The number of carbonyl (C=O) groups is 1. The number of hydrogen-bond donors (Lipinski definition) is 2. The van der Waals surface area contributed by atoms with Crippen molar-refractivity contribution in [3.05, 3.63) is 45.9 Å². The zero-order valence-electron chi connectivity index (χ0n) is 15.1. The molecule has 0 unspecified atom stereocenters. The van der Waals surface area contributed by atoms with Crippen LogP contribution in [0.5, 0.6) is 17.2 Å². The number of hydrogen-bond acceptors (Lipinski definition) is 5. The second-order valence-electron chi connectivity index (χ2n) is 5.84. The van der Waals surface area contributed by atoms with Crippen LogP contribution < -0.4 is 19.5 Å². The average Bonchev–Trinajstić information content (AvgIpc) is 2.60. The van der Waals surface area contributed by atoms with Crippen LogP contribution in [0.2, 0.25) is 0 Å². The van der Waals surface area contributed by atoms with Crippen LogP contribution in [0, 0.1) is 0 Å². The van der Waals surface area contributed by atoms with Crippen molar-refractivity contribution >= 4 is 27.6 Å². The van der Waals surface area contributed by atoms with Crippen LogP contribution in [-0.4, -0.2) is 31.4 Å². The first-order chi connectivity index (χ1) is 12.3. The fourth-order valence-corrected chi connectivity index (χ4v) is 2.93. The maximum atomic E-state index is 11.2. The lowest BCUT2D eigenvalue weighted by Gasteiger charge is -2.19. The van der Waals surface area contributed by atoms with Crippen LogP contribution in [0.3, 0.4) is 0 Å². The van der Waals surface area contributed by atoms with Crippen LogP contribution in [0.1, 0.15) is 29.8 Å². The third-order valence-corrected chi connectivity index (χ3v) is 4.04. The fourth-order valence-electron chi connectivity index (χ4n) is 2.44. The Morgan fingerprint density at radius 3 is 2.42 bits per heavy atom. The number of methoxy groups -OCH3 is 2. The molecule has 2 rings (SSSR count). The molecule has 0 aromatic heterocycles. The summed E-state index contributed by atoms with van der Waals surface area (Å²) in [4.78, 5) is 11.2. The fraction of sp³-hybridized carbons (Fsp3) is 0.316. The number of rotatable bonds is 8. The van der Waals surface area contributed by atoms with Gasteiger partial charge in [0, 0.05) is 16.6 Å². The van der Waals surface area contributed by atoms with Crippen LogP contribution in [0.25, 0.3) is 0 Å². The predicted octanol–water partition coefficient (Wildman–Crippen LogP) is 4.56. The third kappa shape index (κ3) is 4.82. The highest BCUT2D eigenvalue weighted by molar-refractivity contribution is 9.10. The van der Waals surface area contributed by atoms with Gasteiger partial charge in [-0.25, -0.2) is 4.79 Å². The van der Waals surface area contributed by atoms with Crippen molar-refractivity contribution in [2.75, 3.05) is 19.5 Å². The molecule has 2 N–H and O–H groups in total. The highest BCUT2D eigenvalue weighted by Gasteiger charge is 2.15. The Labute approximate surface area is 161 Å². The summed E-state index contributed by atoms with van der Waals surface area (Å²) in [6.45, 7) is 4.29. The van der Waals surface area contributed by atoms with Crippen molar-refractivity contribution in [3.8, 4) is 17.2 Å². The number of carboxylic acid groups (broad SMARTS) is 1. The summed E-state index contributed by atoms with van der Waals surface area (Å²) in [6, 6.07) is 8.44. The molecule has 2 aromatic carbocycles. The number of benzene rings is 2. The van der Waals surface area contributed by atoms with Gasteiger partial charge >= 0.3 is 5.97 Å². The summed E-state index contributed by atoms with van der Waals surface area (Å²) < 4.78 is 17.5. The van der Waals surface area contributed by atoms with Crippen molar-refractivity contribution in [1.29, 1.82) is 0 Å². The van der Waals surface area contributed by atoms with Crippen LogP contribution in [0.4, 0.5) is 5.69 Å². The van der Waals surface area contributed by atoms with Crippen LogP contribution in [0.15, 0.2) is 34.8 Å². The largest absolute Gasteiger partial charge is 0.495 e. The van der Waals surface area contributed by atoms with E-state index in [0.29, 0.717) is 29.5 Å². The van der Waals surface area contributed by atoms with E-state index in [1.54, 1.807) is 19.2 Å². The van der Waals surface area contributed by atoms with E-state index < -0.39 is 5.97 Å². The van der Waals surface area contributed by atoms with Crippen LogP contribution in [-0.2, 0) is 6.54 Å². The van der Waals surface area contributed by atoms with Crippen molar-refractivity contribution in [2.45, 2.75) is 26.5 Å². The molecule has 7 heteroatoms. The van der Waals surface area contributed by atoms with E-state index in [-0.39, 0.29) is 11.7 Å². The molecule has 0 saturated heterocycles. The Morgan fingerprint density at radius 2 is 1.85 bits per heavy atom. The minimum Gasteiger partial charge on any atom is -0.495 e. The lowest BCUT2D eigenvalue weighted by molar-refractivity contribution is 0.0697. The lowest BCUT2D eigenvalue weighted by atomic mass is 10.1. The topological polar surface area (TPSA) is 77.0 Å². The zero-order chi connectivity index (χ0) is 19.3. The maximum Gasteiger partial charge on any atom is 0.335 e. The molecule has 0 aliphatic heterocycles. The van der Waals surface area contributed by atoms with Crippen molar-refractivity contribution in [3.63, 3.8) is 0 Å².